The van der Waals surface area contributed by atoms with Crippen LogP contribution >= 0.6 is 24.0 Å². The zero-order valence-electron chi connectivity index (χ0n) is 12.0. The molecule has 0 atom stereocenters. The molecule has 1 N–H and O–H groups in total. The van der Waals surface area contributed by atoms with E-state index in [1.807, 2.05) is 13.1 Å². The Bertz CT molecular complexity index is 425. The second-order valence-corrected chi connectivity index (χ2v) is 4.53. The van der Waals surface area contributed by atoms with Gasteiger partial charge in [0.1, 0.15) is 0 Å². The van der Waals surface area contributed by atoms with Crippen molar-refractivity contribution in [2.24, 2.45) is 4.99 Å². The molecule has 0 aromatic heterocycles. The first kappa shape index (κ1) is 16.8. The van der Waals surface area contributed by atoms with Crippen LogP contribution in [-0.4, -0.2) is 50.6 Å². The molecule has 0 unspecified atom stereocenters. The molecule has 20 heavy (non-hydrogen) atoms. The van der Waals surface area contributed by atoms with Gasteiger partial charge in [0.2, 0.25) is 0 Å². The number of hydrogen-bond acceptors (Lipinski definition) is 2. The molecule has 1 aliphatic heterocycles. The van der Waals surface area contributed by atoms with Gasteiger partial charge < -0.3 is 15.1 Å². The Morgan fingerprint density at radius 2 is 1.90 bits per heavy atom. The van der Waals surface area contributed by atoms with Crippen molar-refractivity contribution in [1.82, 2.24) is 10.2 Å². The smallest absolute Gasteiger partial charge is 0.194 e. The number of anilines is 1. The Morgan fingerprint density at radius 3 is 2.45 bits per heavy atom. The molecule has 0 bridgehead atoms. The van der Waals surface area contributed by atoms with Crippen molar-refractivity contribution >= 4 is 35.6 Å². The van der Waals surface area contributed by atoms with E-state index in [4.69, 9.17) is 0 Å². The van der Waals surface area contributed by atoms with Crippen molar-refractivity contribution in [3.05, 3.63) is 43.0 Å². The molecular weight excluding hydrogens is 363 g/mol. The van der Waals surface area contributed by atoms with E-state index in [1.54, 1.807) is 0 Å². The highest BCUT2D eigenvalue weighted by Gasteiger charge is 2.19. The highest BCUT2D eigenvalue weighted by molar-refractivity contribution is 14.0. The van der Waals surface area contributed by atoms with Crippen LogP contribution in [0.1, 0.15) is 0 Å². The number of hydrogen-bond donors (Lipinski definition) is 1. The molecule has 0 radical (unpaired) electrons. The average molecular weight is 386 g/mol. The van der Waals surface area contributed by atoms with Gasteiger partial charge in [-0.1, -0.05) is 24.3 Å². The molecule has 0 saturated carbocycles. The van der Waals surface area contributed by atoms with Crippen molar-refractivity contribution in [2.45, 2.75) is 0 Å². The lowest BCUT2D eigenvalue weighted by Crippen LogP contribution is -2.52. The monoisotopic (exact) mass is 386 g/mol. The van der Waals surface area contributed by atoms with Crippen LogP contribution in [0.5, 0.6) is 0 Å². The predicted octanol–water partition coefficient (Wildman–Crippen LogP) is 2.19. The summed E-state index contributed by atoms with van der Waals surface area (Å²) in [5, 5.41) is 3.28. The molecule has 1 aromatic carbocycles. The van der Waals surface area contributed by atoms with Crippen molar-refractivity contribution in [3.63, 3.8) is 0 Å². The van der Waals surface area contributed by atoms with Crippen molar-refractivity contribution in [2.75, 3.05) is 44.7 Å². The molecule has 2 rings (SSSR count). The van der Waals surface area contributed by atoms with Crippen LogP contribution in [0, 0.1) is 0 Å². The first-order valence-corrected chi connectivity index (χ1v) is 6.71. The Kier molecular flexibility index (Phi) is 7.43. The largest absolute Gasteiger partial charge is 0.368 e. The standard InChI is InChI=1S/C15H22N4.HI/c1-3-9-17-15(16-2)19-12-10-18(11-13-19)14-7-5-4-6-8-14;/h3-8H,1,9-13H2,2H3,(H,16,17);1H. The van der Waals surface area contributed by atoms with Crippen LogP contribution < -0.4 is 10.2 Å². The van der Waals surface area contributed by atoms with Crippen LogP contribution in [0.15, 0.2) is 48.0 Å². The van der Waals surface area contributed by atoms with E-state index in [0.717, 1.165) is 38.7 Å². The molecular formula is C15H23IN4. The van der Waals surface area contributed by atoms with Gasteiger partial charge >= 0.3 is 0 Å². The van der Waals surface area contributed by atoms with E-state index >= 15 is 0 Å². The maximum absolute atomic E-state index is 4.31. The maximum Gasteiger partial charge on any atom is 0.194 e. The van der Waals surface area contributed by atoms with E-state index in [0.29, 0.717) is 0 Å². The second-order valence-electron chi connectivity index (χ2n) is 4.53. The summed E-state index contributed by atoms with van der Waals surface area (Å²) < 4.78 is 0. The lowest BCUT2D eigenvalue weighted by Gasteiger charge is -2.37. The molecule has 1 aliphatic rings. The van der Waals surface area contributed by atoms with E-state index in [9.17, 15) is 0 Å². The predicted molar refractivity (Wildman–Crippen MR) is 97.2 cm³/mol. The number of para-hydroxylation sites is 1. The highest BCUT2D eigenvalue weighted by Crippen LogP contribution is 2.15. The number of guanidine groups is 1. The Hall–Kier alpha value is -1.24. The number of nitrogens with zero attached hydrogens (tertiary/aromatic N) is 3. The summed E-state index contributed by atoms with van der Waals surface area (Å²) in [7, 11) is 1.83. The normalized spacial score (nSPS) is 15.6. The minimum Gasteiger partial charge on any atom is -0.368 e. The summed E-state index contributed by atoms with van der Waals surface area (Å²) in [6, 6.07) is 10.6. The topological polar surface area (TPSA) is 30.9 Å². The number of nitrogens with one attached hydrogen (secondary N) is 1. The summed E-state index contributed by atoms with van der Waals surface area (Å²) in [6.07, 6.45) is 1.85. The summed E-state index contributed by atoms with van der Waals surface area (Å²) in [4.78, 5) is 9.02. The Balaban J connectivity index is 0.00000200. The van der Waals surface area contributed by atoms with E-state index in [1.165, 1.54) is 5.69 Å². The molecule has 4 nitrogen and oxygen atoms in total. The van der Waals surface area contributed by atoms with Gasteiger partial charge in [-0.2, -0.15) is 0 Å². The summed E-state index contributed by atoms with van der Waals surface area (Å²) >= 11 is 0. The van der Waals surface area contributed by atoms with E-state index in [-0.39, 0.29) is 24.0 Å². The summed E-state index contributed by atoms with van der Waals surface area (Å²) in [5.41, 5.74) is 1.30. The van der Waals surface area contributed by atoms with Gasteiger partial charge in [-0.3, -0.25) is 4.99 Å². The SMILES string of the molecule is C=CCNC(=NC)N1CCN(c2ccccc2)CC1.I. The number of halogens is 1. The van der Waals surface area contributed by atoms with Gasteiger partial charge in [-0.05, 0) is 12.1 Å². The molecule has 5 heteroatoms. The molecule has 1 saturated heterocycles. The Morgan fingerprint density at radius 1 is 1.25 bits per heavy atom. The van der Waals surface area contributed by atoms with Gasteiger partial charge in [0.05, 0.1) is 0 Å². The zero-order valence-corrected chi connectivity index (χ0v) is 14.3. The lowest BCUT2D eigenvalue weighted by atomic mass is 10.2. The van der Waals surface area contributed by atoms with Crippen LogP contribution in [0.4, 0.5) is 5.69 Å². The second kappa shape index (κ2) is 8.84. The minimum absolute atomic E-state index is 0. The Labute approximate surface area is 138 Å². The van der Waals surface area contributed by atoms with Gasteiger partial charge in [0.15, 0.2) is 5.96 Å². The van der Waals surface area contributed by atoms with Crippen LogP contribution in [0.3, 0.4) is 0 Å². The highest BCUT2D eigenvalue weighted by atomic mass is 127. The molecule has 110 valence electrons. The zero-order chi connectivity index (χ0) is 13.5. The number of benzene rings is 1. The minimum atomic E-state index is 0. The first-order valence-electron chi connectivity index (χ1n) is 6.71. The third-order valence-electron chi connectivity index (χ3n) is 3.32. The number of rotatable bonds is 3. The average Bonchev–Trinajstić information content (AvgIpc) is 2.49. The molecule has 0 amide bonds. The van der Waals surface area contributed by atoms with Gasteiger partial charge in [0, 0.05) is 45.5 Å². The van der Waals surface area contributed by atoms with Crippen LogP contribution in [-0.2, 0) is 0 Å². The van der Waals surface area contributed by atoms with Crippen molar-refractivity contribution in [1.29, 1.82) is 0 Å². The van der Waals surface area contributed by atoms with Gasteiger partial charge in [-0.15, -0.1) is 30.6 Å². The summed E-state index contributed by atoms with van der Waals surface area (Å²) in [6.45, 7) is 8.51. The lowest BCUT2D eigenvalue weighted by molar-refractivity contribution is 0.374. The summed E-state index contributed by atoms with van der Waals surface area (Å²) in [5.74, 6) is 0.965. The van der Waals surface area contributed by atoms with Crippen molar-refractivity contribution < 1.29 is 0 Å². The van der Waals surface area contributed by atoms with Crippen molar-refractivity contribution in [3.8, 4) is 0 Å². The van der Waals surface area contributed by atoms with Gasteiger partial charge in [-0.25, -0.2) is 0 Å². The fourth-order valence-corrected chi connectivity index (χ4v) is 2.31. The number of aliphatic imine (C=N–C) groups is 1. The fourth-order valence-electron chi connectivity index (χ4n) is 2.31. The van der Waals surface area contributed by atoms with E-state index in [2.05, 4.69) is 57.0 Å². The first-order chi connectivity index (χ1) is 9.35. The quantitative estimate of drug-likeness (QED) is 0.374. The maximum atomic E-state index is 4.31. The third kappa shape index (κ3) is 4.40. The molecule has 1 heterocycles. The number of piperazine rings is 1. The third-order valence-corrected chi connectivity index (χ3v) is 3.32. The van der Waals surface area contributed by atoms with Crippen LogP contribution in [0.25, 0.3) is 0 Å². The fraction of sp³-hybridized carbons (Fsp3) is 0.400. The van der Waals surface area contributed by atoms with E-state index < -0.39 is 0 Å². The van der Waals surface area contributed by atoms with Crippen LogP contribution in [0.2, 0.25) is 0 Å². The molecule has 1 fully saturated rings. The molecule has 1 aromatic rings. The van der Waals surface area contributed by atoms with Gasteiger partial charge in [0.25, 0.3) is 0 Å². The molecule has 0 spiro atoms. The molecule has 0 aliphatic carbocycles.